The summed E-state index contributed by atoms with van der Waals surface area (Å²) in [7, 11) is 0. The molecule has 2 aromatic heterocycles. The third-order valence-electron chi connectivity index (χ3n) is 4.94. The van der Waals surface area contributed by atoms with Crippen LogP contribution in [0.15, 0.2) is 107 Å². The minimum absolute atomic E-state index is 0.0957. The zero-order chi connectivity index (χ0) is 30.2. The van der Waals surface area contributed by atoms with Gasteiger partial charge >= 0.3 is 0 Å². The first-order chi connectivity index (χ1) is 19.9. The molecule has 0 unspecified atom stereocenters. The van der Waals surface area contributed by atoms with E-state index in [4.69, 9.17) is 29.7 Å². The molecule has 32 heavy (non-hydrogen) atoms. The number of hydrogen-bond acceptors (Lipinski definition) is 3. The van der Waals surface area contributed by atoms with Crippen molar-refractivity contribution in [1.29, 1.82) is 0 Å². The number of furan rings is 1. The first-order valence-electron chi connectivity index (χ1n) is 14.6. The number of hydrogen-bond donors (Lipinski definition) is 0. The standard InChI is InChI=1S/C28H17ClN2O/c29-20-14-15-25-22(16-20)27-21(12-7-13-26(27)32-25)24-17-23(18-8-3-1-4-9-18)30-28(31-24)19-10-5-2-6-11-19/h1-17H/i1D,2D,3D,4D,5D,6D,8D,9D,10D,11D. The SMILES string of the molecule is [2H]c1c([2H])c([2H])c(-c2cc(-c3cccc4oc5ccc(Cl)cc5c34)nc(-c3c([2H])c([2H])c([2H])c([2H])c3[2H])n2)c([2H])c1[2H]. The number of fused-ring (bicyclic) bond motifs is 3. The van der Waals surface area contributed by atoms with Gasteiger partial charge in [0.1, 0.15) is 11.2 Å². The summed E-state index contributed by atoms with van der Waals surface area (Å²) >= 11 is 6.29. The van der Waals surface area contributed by atoms with Gasteiger partial charge in [-0.15, -0.1) is 0 Å². The van der Waals surface area contributed by atoms with Crippen LogP contribution in [0.25, 0.3) is 55.8 Å². The molecule has 6 rings (SSSR count). The van der Waals surface area contributed by atoms with Gasteiger partial charge in [-0.25, -0.2) is 9.97 Å². The van der Waals surface area contributed by atoms with E-state index in [1.165, 1.54) is 6.07 Å². The van der Waals surface area contributed by atoms with Crippen molar-refractivity contribution < 1.29 is 18.1 Å². The van der Waals surface area contributed by atoms with Crippen LogP contribution < -0.4 is 0 Å². The third kappa shape index (κ3) is 3.24. The zero-order valence-electron chi connectivity index (χ0n) is 26.2. The van der Waals surface area contributed by atoms with E-state index in [0.717, 1.165) is 0 Å². The molecule has 0 spiro atoms. The monoisotopic (exact) mass is 442 g/mol. The summed E-state index contributed by atoms with van der Waals surface area (Å²) in [4.78, 5) is 9.03. The fourth-order valence-electron chi connectivity index (χ4n) is 3.58. The smallest absolute Gasteiger partial charge is 0.160 e. The summed E-state index contributed by atoms with van der Waals surface area (Å²) in [5.74, 6) is -0.283. The number of nitrogens with zero attached hydrogens (tertiary/aromatic N) is 2. The van der Waals surface area contributed by atoms with Crippen LogP contribution in [-0.4, -0.2) is 9.97 Å². The quantitative estimate of drug-likeness (QED) is 0.278. The van der Waals surface area contributed by atoms with Crippen molar-refractivity contribution in [2.45, 2.75) is 0 Å². The van der Waals surface area contributed by atoms with Crippen molar-refractivity contribution in [1.82, 2.24) is 9.97 Å². The molecule has 0 saturated heterocycles. The van der Waals surface area contributed by atoms with E-state index in [0.29, 0.717) is 32.5 Å². The molecule has 0 bridgehead atoms. The molecule has 0 amide bonds. The Kier molecular flexibility index (Phi) is 2.64. The minimum atomic E-state index is -0.595. The van der Waals surface area contributed by atoms with E-state index in [1.54, 1.807) is 36.4 Å². The van der Waals surface area contributed by atoms with Crippen LogP contribution in [0.1, 0.15) is 13.7 Å². The lowest BCUT2D eigenvalue weighted by Crippen LogP contribution is -1.96. The van der Waals surface area contributed by atoms with Crippen molar-refractivity contribution >= 4 is 33.5 Å². The molecule has 0 saturated carbocycles. The summed E-state index contributed by atoms with van der Waals surface area (Å²) < 4.78 is 88.6. The van der Waals surface area contributed by atoms with E-state index in [9.17, 15) is 0 Å². The molecule has 152 valence electrons. The Morgan fingerprint density at radius 1 is 0.719 bits per heavy atom. The largest absolute Gasteiger partial charge is 0.456 e. The molecule has 4 heteroatoms. The normalized spacial score (nSPS) is 15.7. The Morgan fingerprint density at radius 2 is 1.44 bits per heavy atom. The molecular weight excluding hydrogens is 416 g/mol. The van der Waals surface area contributed by atoms with Crippen molar-refractivity contribution in [2.75, 3.05) is 0 Å². The molecule has 0 aliphatic heterocycles. The highest BCUT2D eigenvalue weighted by atomic mass is 35.5. The number of halogens is 1. The maximum Gasteiger partial charge on any atom is 0.160 e. The topological polar surface area (TPSA) is 38.9 Å². The summed E-state index contributed by atoms with van der Waals surface area (Å²) in [6, 6.07) is 6.11. The van der Waals surface area contributed by atoms with E-state index in [1.807, 2.05) is 0 Å². The fourth-order valence-corrected chi connectivity index (χ4v) is 3.75. The maximum absolute atomic E-state index is 8.52. The first kappa shape index (κ1) is 11.1. The van der Waals surface area contributed by atoms with Crippen molar-refractivity contribution in [3.63, 3.8) is 0 Å². The van der Waals surface area contributed by atoms with Crippen LogP contribution in [0.2, 0.25) is 5.02 Å². The summed E-state index contributed by atoms with van der Waals surface area (Å²) in [5.41, 5.74) is 1.11. The summed E-state index contributed by atoms with van der Waals surface area (Å²) in [5, 5.41) is 1.75. The van der Waals surface area contributed by atoms with Crippen LogP contribution in [0.3, 0.4) is 0 Å². The molecule has 0 aliphatic rings. The van der Waals surface area contributed by atoms with E-state index in [2.05, 4.69) is 9.97 Å². The Hall–Kier alpha value is -3.95. The molecule has 0 radical (unpaired) electrons. The molecule has 0 atom stereocenters. The maximum atomic E-state index is 8.52. The van der Waals surface area contributed by atoms with Crippen LogP contribution in [0.5, 0.6) is 0 Å². The van der Waals surface area contributed by atoms with Gasteiger partial charge in [0.25, 0.3) is 0 Å². The van der Waals surface area contributed by atoms with Gasteiger partial charge in [-0.1, -0.05) is 84.2 Å². The highest BCUT2D eigenvalue weighted by Crippen LogP contribution is 2.38. The highest BCUT2D eigenvalue weighted by Gasteiger charge is 2.16. The molecular formula is C28H17ClN2O. The Morgan fingerprint density at radius 3 is 2.22 bits per heavy atom. The van der Waals surface area contributed by atoms with E-state index in [-0.39, 0.29) is 28.3 Å². The number of aromatic nitrogens is 2. The minimum Gasteiger partial charge on any atom is -0.456 e. The molecule has 0 fully saturated rings. The molecule has 3 nitrogen and oxygen atoms in total. The van der Waals surface area contributed by atoms with Gasteiger partial charge in [-0.3, -0.25) is 0 Å². The molecule has 2 heterocycles. The second kappa shape index (κ2) is 7.63. The first-order valence-corrected chi connectivity index (χ1v) is 9.93. The average Bonchev–Trinajstić information content (AvgIpc) is 3.35. The lowest BCUT2D eigenvalue weighted by molar-refractivity contribution is 0.669. The second-order valence-corrected chi connectivity index (χ2v) is 7.32. The van der Waals surface area contributed by atoms with Crippen molar-refractivity contribution in [2.24, 2.45) is 0 Å². The lowest BCUT2D eigenvalue weighted by atomic mass is 10.0. The molecule has 0 aliphatic carbocycles. The predicted molar refractivity (Wildman–Crippen MR) is 131 cm³/mol. The summed E-state index contributed by atoms with van der Waals surface area (Å²) in [6.07, 6.45) is 0. The third-order valence-corrected chi connectivity index (χ3v) is 5.17. The lowest BCUT2D eigenvalue weighted by Gasteiger charge is -2.10. The van der Waals surface area contributed by atoms with Crippen LogP contribution in [0, 0.1) is 0 Å². The zero-order valence-corrected chi connectivity index (χ0v) is 17.0. The Labute approximate surface area is 204 Å². The molecule has 0 N–H and O–H groups in total. The van der Waals surface area contributed by atoms with Crippen molar-refractivity contribution in [3.05, 3.63) is 108 Å². The number of rotatable bonds is 3. The van der Waals surface area contributed by atoms with Gasteiger partial charge in [-0.05, 0) is 30.3 Å². The van der Waals surface area contributed by atoms with Gasteiger partial charge < -0.3 is 4.42 Å². The Balaban J connectivity index is 1.76. The Bertz CT molecular complexity index is 1980. The average molecular weight is 443 g/mol. The van der Waals surface area contributed by atoms with Crippen molar-refractivity contribution in [3.8, 4) is 33.9 Å². The van der Waals surface area contributed by atoms with Gasteiger partial charge in [0.15, 0.2) is 5.82 Å². The molecule has 4 aromatic carbocycles. The molecule has 6 aromatic rings. The summed E-state index contributed by atoms with van der Waals surface area (Å²) in [6.45, 7) is 0. The second-order valence-electron chi connectivity index (χ2n) is 6.88. The highest BCUT2D eigenvalue weighted by molar-refractivity contribution is 6.32. The van der Waals surface area contributed by atoms with Gasteiger partial charge in [-0.2, -0.15) is 0 Å². The number of benzene rings is 4. The predicted octanol–water partition coefficient (Wildman–Crippen LogP) is 8.03. The van der Waals surface area contributed by atoms with Gasteiger partial charge in [0.05, 0.1) is 25.1 Å². The fraction of sp³-hybridized carbons (Fsp3) is 0. The van der Waals surface area contributed by atoms with Crippen LogP contribution in [0.4, 0.5) is 0 Å². The van der Waals surface area contributed by atoms with E-state index >= 15 is 0 Å². The van der Waals surface area contributed by atoms with Gasteiger partial charge in [0, 0.05) is 32.5 Å². The van der Waals surface area contributed by atoms with Gasteiger partial charge in [0.2, 0.25) is 0 Å². The van der Waals surface area contributed by atoms with Crippen LogP contribution >= 0.6 is 11.6 Å². The van der Waals surface area contributed by atoms with E-state index < -0.39 is 60.4 Å². The van der Waals surface area contributed by atoms with Crippen LogP contribution in [-0.2, 0) is 0 Å².